The molecule has 0 radical (unpaired) electrons. The third kappa shape index (κ3) is 3.90. The molecule has 0 atom stereocenters. The summed E-state index contributed by atoms with van der Waals surface area (Å²) >= 11 is 0. The summed E-state index contributed by atoms with van der Waals surface area (Å²) in [6.07, 6.45) is 0. The lowest BCUT2D eigenvalue weighted by Crippen LogP contribution is -1.99. The Balaban J connectivity index is 1.10. The van der Waals surface area contributed by atoms with E-state index in [-0.39, 0.29) is 0 Å². The molecule has 3 heteroatoms. The van der Waals surface area contributed by atoms with Crippen LogP contribution in [0.2, 0.25) is 0 Å². The number of benzene rings is 7. The molecule has 1 aliphatic rings. The summed E-state index contributed by atoms with van der Waals surface area (Å²) in [5.74, 6) is 2.92. The van der Waals surface area contributed by atoms with Crippen molar-refractivity contribution in [3.63, 3.8) is 0 Å². The normalized spacial score (nSPS) is 12.1. The maximum absolute atomic E-state index is 6.36. The summed E-state index contributed by atoms with van der Waals surface area (Å²) in [4.78, 5) is 0. The summed E-state index contributed by atoms with van der Waals surface area (Å²) in [5, 5.41) is 4.75. The van der Waals surface area contributed by atoms with Gasteiger partial charge in [-0.2, -0.15) is 0 Å². The van der Waals surface area contributed by atoms with Gasteiger partial charge in [0.05, 0.1) is 11.0 Å². The number of nitrogens with zero attached hydrogens (tertiary/aromatic N) is 1. The smallest absolute Gasteiger partial charge is 0.170 e. The van der Waals surface area contributed by atoms with E-state index in [0.29, 0.717) is 0 Å². The molecule has 0 aliphatic carbocycles. The molecule has 0 fully saturated rings. The van der Waals surface area contributed by atoms with E-state index in [4.69, 9.17) is 9.47 Å². The van der Waals surface area contributed by atoms with Crippen LogP contribution in [-0.4, -0.2) is 4.57 Å². The fraction of sp³-hybridized carbons (Fsp3) is 0. The van der Waals surface area contributed by atoms with Gasteiger partial charge in [-0.3, -0.25) is 0 Å². The SMILES string of the molecule is c1ccc(-n2c3ccccc3c3cc(-c4cccc(-c5ccc6c(c5)Oc5cc7ccccc7cc5O6)c4)ccc32)cc1. The predicted octanol–water partition coefficient (Wildman–Crippen LogP) is 11.2. The molecule has 43 heavy (non-hydrogen) atoms. The van der Waals surface area contributed by atoms with Crippen molar-refractivity contribution < 1.29 is 9.47 Å². The number of hydrogen-bond donors (Lipinski definition) is 0. The Hall–Kier alpha value is -5.80. The van der Waals surface area contributed by atoms with Crippen LogP contribution in [0.4, 0.5) is 0 Å². The molecule has 3 nitrogen and oxygen atoms in total. The second-order valence-electron chi connectivity index (χ2n) is 11.0. The Morgan fingerprint density at radius 2 is 0.930 bits per heavy atom. The van der Waals surface area contributed by atoms with Crippen LogP contribution in [0.5, 0.6) is 23.0 Å². The number of fused-ring (bicyclic) bond motifs is 6. The lowest BCUT2D eigenvalue weighted by Gasteiger charge is -2.22. The molecule has 0 bridgehead atoms. The van der Waals surface area contributed by atoms with Crippen LogP contribution in [0.25, 0.3) is 60.5 Å². The molecule has 0 saturated heterocycles. The van der Waals surface area contributed by atoms with E-state index in [0.717, 1.165) is 50.6 Å². The molecular formula is C40H25NO2. The van der Waals surface area contributed by atoms with E-state index in [1.807, 2.05) is 30.3 Å². The first-order valence-electron chi connectivity index (χ1n) is 14.5. The molecule has 202 valence electrons. The first kappa shape index (κ1) is 23.9. The van der Waals surface area contributed by atoms with E-state index < -0.39 is 0 Å². The van der Waals surface area contributed by atoms with Gasteiger partial charge in [0.1, 0.15) is 0 Å². The third-order valence-corrected chi connectivity index (χ3v) is 8.41. The molecule has 2 heterocycles. The summed E-state index contributed by atoms with van der Waals surface area (Å²) in [6.45, 7) is 0. The predicted molar refractivity (Wildman–Crippen MR) is 176 cm³/mol. The van der Waals surface area contributed by atoms with Crippen molar-refractivity contribution in [3.8, 4) is 50.9 Å². The first-order valence-corrected chi connectivity index (χ1v) is 14.5. The van der Waals surface area contributed by atoms with Gasteiger partial charge in [0.25, 0.3) is 0 Å². The zero-order valence-corrected chi connectivity index (χ0v) is 23.2. The molecule has 1 aromatic heterocycles. The van der Waals surface area contributed by atoms with Gasteiger partial charge in [0.15, 0.2) is 23.0 Å². The van der Waals surface area contributed by atoms with Crippen molar-refractivity contribution >= 4 is 32.6 Å². The van der Waals surface area contributed by atoms with Crippen LogP contribution < -0.4 is 9.47 Å². The topological polar surface area (TPSA) is 23.4 Å². The molecule has 8 aromatic rings. The fourth-order valence-electron chi connectivity index (χ4n) is 6.33. The van der Waals surface area contributed by atoms with Gasteiger partial charge in [-0.15, -0.1) is 0 Å². The molecule has 7 aromatic carbocycles. The summed E-state index contributed by atoms with van der Waals surface area (Å²) in [5.41, 5.74) is 8.13. The second-order valence-corrected chi connectivity index (χ2v) is 11.0. The van der Waals surface area contributed by atoms with Crippen molar-refractivity contribution in [2.45, 2.75) is 0 Å². The highest BCUT2D eigenvalue weighted by Crippen LogP contribution is 2.48. The number of ether oxygens (including phenoxy) is 2. The minimum atomic E-state index is 0.723. The van der Waals surface area contributed by atoms with Crippen molar-refractivity contribution in [1.29, 1.82) is 0 Å². The van der Waals surface area contributed by atoms with Crippen LogP contribution in [0, 0.1) is 0 Å². The van der Waals surface area contributed by atoms with E-state index in [9.17, 15) is 0 Å². The maximum atomic E-state index is 6.36. The highest BCUT2D eigenvalue weighted by molar-refractivity contribution is 6.10. The average Bonchev–Trinajstić information content (AvgIpc) is 3.40. The fourth-order valence-corrected chi connectivity index (χ4v) is 6.33. The first-order chi connectivity index (χ1) is 21.3. The zero-order chi connectivity index (χ0) is 28.3. The van der Waals surface area contributed by atoms with Gasteiger partial charge in [0.2, 0.25) is 0 Å². The van der Waals surface area contributed by atoms with Gasteiger partial charge >= 0.3 is 0 Å². The Labute approximate surface area is 248 Å². The molecule has 0 spiro atoms. The molecule has 0 amide bonds. The van der Waals surface area contributed by atoms with Crippen molar-refractivity contribution in [3.05, 3.63) is 152 Å². The monoisotopic (exact) mass is 551 g/mol. The Bertz CT molecular complexity index is 2350. The minimum Gasteiger partial charge on any atom is -0.449 e. The van der Waals surface area contributed by atoms with Crippen LogP contribution >= 0.6 is 0 Å². The lowest BCUT2D eigenvalue weighted by atomic mass is 9.97. The second kappa shape index (κ2) is 9.37. The van der Waals surface area contributed by atoms with Gasteiger partial charge < -0.3 is 14.0 Å². The van der Waals surface area contributed by atoms with E-state index in [2.05, 4.69) is 126 Å². The van der Waals surface area contributed by atoms with Crippen LogP contribution in [0.15, 0.2) is 152 Å². The Morgan fingerprint density at radius 3 is 1.72 bits per heavy atom. The van der Waals surface area contributed by atoms with E-state index in [1.165, 1.54) is 32.9 Å². The summed E-state index contributed by atoms with van der Waals surface area (Å²) in [6, 6.07) is 53.2. The highest BCUT2D eigenvalue weighted by Gasteiger charge is 2.20. The van der Waals surface area contributed by atoms with Crippen LogP contribution in [-0.2, 0) is 0 Å². The maximum Gasteiger partial charge on any atom is 0.170 e. The summed E-state index contributed by atoms with van der Waals surface area (Å²) in [7, 11) is 0. The number of rotatable bonds is 3. The lowest BCUT2D eigenvalue weighted by molar-refractivity contribution is 0.360. The molecule has 1 aliphatic heterocycles. The van der Waals surface area contributed by atoms with Gasteiger partial charge in [-0.25, -0.2) is 0 Å². The minimum absolute atomic E-state index is 0.723. The van der Waals surface area contributed by atoms with Gasteiger partial charge in [-0.1, -0.05) is 91.0 Å². The number of aromatic nitrogens is 1. The van der Waals surface area contributed by atoms with Crippen molar-refractivity contribution in [2.24, 2.45) is 0 Å². The quantitative estimate of drug-likeness (QED) is 0.218. The average molecular weight is 552 g/mol. The molecule has 9 rings (SSSR count). The largest absolute Gasteiger partial charge is 0.449 e. The third-order valence-electron chi connectivity index (χ3n) is 8.41. The van der Waals surface area contributed by atoms with Crippen molar-refractivity contribution in [1.82, 2.24) is 4.57 Å². The van der Waals surface area contributed by atoms with Crippen LogP contribution in [0.1, 0.15) is 0 Å². The molecule has 0 unspecified atom stereocenters. The number of para-hydroxylation sites is 2. The summed E-state index contributed by atoms with van der Waals surface area (Å²) < 4.78 is 15.0. The van der Waals surface area contributed by atoms with Gasteiger partial charge in [-0.05, 0) is 93.7 Å². The van der Waals surface area contributed by atoms with E-state index in [1.54, 1.807) is 0 Å². The molecule has 0 saturated carbocycles. The Morgan fingerprint density at radius 1 is 0.349 bits per heavy atom. The van der Waals surface area contributed by atoms with Crippen LogP contribution in [0.3, 0.4) is 0 Å². The van der Waals surface area contributed by atoms with Gasteiger partial charge in [0, 0.05) is 16.5 Å². The van der Waals surface area contributed by atoms with Crippen molar-refractivity contribution in [2.75, 3.05) is 0 Å². The highest BCUT2D eigenvalue weighted by atomic mass is 16.6. The number of hydrogen-bond acceptors (Lipinski definition) is 2. The van der Waals surface area contributed by atoms with E-state index >= 15 is 0 Å². The zero-order valence-electron chi connectivity index (χ0n) is 23.2. The Kier molecular flexibility index (Phi) is 5.20. The molecular weight excluding hydrogens is 526 g/mol. The molecule has 0 N–H and O–H groups in total. The standard InChI is InChI=1S/C40H25NO2/c1-2-13-32(14-3-1)41-35-16-7-6-15-33(35)34-22-30(17-19-36(34)41)26-11-8-12-27(21-26)31-18-20-37-38(25-31)43-40-24-29-10-5-4-9-28(29)23-39(40)42-37/h1-25H.